The van der Waals surface area contributed by atoms with Crippen LogP contribution in [0.25, 0.3) is 12.2 Å². The van der Waals surface area contributed by atoms with E-state index in [9.17, 15) is 22.0 Å². The molecule has 0 N–H and O–H groups in total. The van der Waals surface area contributed by atoms with E-state index in [-0.39, 0.29) is 5.56 Å². The Hall–Kier alpha value is -2.37. The fourth-order valence-corrected chi connectivity index (χ4v) is 2.06. The summed E-state index contributed by atoms with van der Waals surface area (Å²) in [5.41, 5.74) is -0.983. The minimum Gasteiger partial charge on any atom is -0.494 e. The number of rotatable bonds is 3. The molecule has 0 aliphatic rings. The number of methoxy groups -OCH3 is 1. The smallest absolute Gasteiger partial charge is 0.419 e. The number of benzene rings is 2. The predicted molar refractivity (Wildman–Crippen MR) is 78.0 cm³/mol. The molecule has 23 heavy (non-hydrogen) atoms. The first-order chi connectivity index (χ1) is 10.7. The zero-order valence-electron chi connectivity index (χ0n) is 12.3. The lowest BCUT2D eigenvalue weighted by Crippen LogP contribution is -2.11. The Morgan fingerprint density at radius 1 is 1.00 bits per heavy atom. The maximum atomic E-state index is 13.9. The highest BCUT2D eigenvalue weighted by atomic mass is 19.4. The van der Waals surface area contributed by atoms with Crippen molar-refractivity contribution in [3.05, 3.63) is 64.2 Å². The molecule has 0 aromatic heterocycles. The maximum Gasteiger partial charge on any atom is 0.419 e. The van der Waals surface area contributed by atoms with Crippen LogP contribution in [0, 0.1) is 18.6 Å². The summed E-state index contributed by atoms with van der Waals surface area (Å²) in [5.74, 6) is -2.43. The molecule has 0 unspecified atom stereocenters. The van der Waals surface area contributed by atoms with E-state index in [2.05, 4.69) is 4.74 Å². The largest absolute Gasteiger partial charge is 0.494 e. The Balaban J connectivity index is 2.48. The Morgan fingerprint density at radius 2 is 1.70 bits per heavy atom. The van der Waals surface area contributed by atoms with Gasteiger partial charge in [-0.2, -0.15) is 13.2 Å². The second-order valence-electron chi connectivity index (χ2n) is 4.89. The molecule has 0 aliphatic heterocycles. The van der Waals surface area contributed by atoms with Crippen LogP contribution in [-0.4, -0.2) is 7.11 Å². The zero-order chi connectivity index (χ0) is 17.2. The SMILES string of the molecule is COc1ccc(/C=C/c2ccc(C)c(F)c2)c(C(F)(F)F)c1F. The quantitative estimate of drug-likeness (QED) is 0.536. The lowest BCUT2D eigenvalue weighted by atomic mass is 10.0. The molecule has 0 radical (unpaired) electrons. The minimum atomic E-state index is -4.88. The summed E-state index contributed by atoms with van der Waals surface area (Å²) in [6, 6.07) is 6.47. The first-order valence-electron chi connectivity index (χ1n) is 6.62. The first kappa shape index (κ1) is 17.0. The summed E-state index contributed by atoms with van der Waals surface area (Å²) in [5, 5.41) is 0. The molecule has 0 aliphatic carbocycles. The van der Waals surface area contributed by atoms with Gasteiger partial charge in [0.1, 0.15) is 11.4 Å². The second kappa shape index (κ2) is 6.40. The van der Waals surface area contributed by atoms with E-state index in [0.717, 1.165) is 25.3 Å². The van der Waals surface area contributed by atoms with Gasteiger partial charge in [0.15, 0.2) is 11.6 Å². The molecule has 0 heterocycles. The lowest BCUT2D eigenvalue weighted by molar-refractivity contribution is -0.140. The van der Waals surface area contributed by atoms with Gasteiger partial charge in [0.25, 0.3) is 0 Å². The summed E-state index contributed by atoms with van der Waals surface area (Å²) >= 11 is 0. The first-order valence-corrected chi connectivity index (χ1v) is 6.62. The van der Waals surface area contributed by atoms with Crippen LogP contribution in [0.15, 0.2) is 30.3 Å². The summed E-state index contributed by atoms with van der Waals surface area (Å²) in [7, 11) is 1.09. The van der Waals surface area contributed by atoms with Crippen molar-refractivity contribution in [1.29, 1.82) is 0 Å². The van der Waals surface area contributed by atoms with E-state index in [1.54, 1.807) is 13.0 Å². The van der Waals surface area contributed by atoms with Crippen LogP contribution < -0.4 is 4.74 Å². The molecule has 0 spiro atoms. The van der Waals surface area contributed by atoms with Crippen molar-refractivity contribution in [1.82, 2.24) is 0 Å². The lowest BCUT2D eigenvalue weighted by Gasteiger charge is -2.13. The van der Waals surface area contributed by atoms with Crippen LogP contribution in [-0.2, 0) is 6.18 Å². The molecule has 1 nitrogen and oxygen atoms in total. The molecule has 0 saturated heterocycles. The fraction of sp³-hybridized carbons (Fsp3) is 0.176. The average Bonchev–Trinajstić information content (AvgIpc) is 2.47. The van der Waals surface area contributed by atoms with Crippen LogP contribution >= 0.6 is 0 Å². The van der Waals surface area contributed by atoms with E-state index in [4.69, 9.17) is 0 Å². The molecule has 0 fully saturated rings. The normalized spacial score (nSPS) is 12.0. The second-order valence-corrected chi connectivity index (χ2v) is 4.89. The van der Waals surface area contributed by atoms with Gasteiger partial charge >= 0.3 is 6.18 Å². The standard InChI is InChI=1S/C17H13F5O/c1-10-3-4-11(9-13(10)18)5-6-12-7-8-14(23-2)16(19)15(12)17(20,21)22/h3-9H,1-2H3/b6-5+. The fourth-order valence-electron chi connectivity index (χ4n) is 2.06. The van der Waals surface area contributed by atoms with Gasteiger partial charge in [0, 0.05) is 0 Å². The summed E-state index contributed by atoms with van der Waals surface area (Å²) in [6.07, 6.45) is -2.49. The summed E-state index contributed by atoms with van der Waals surface area (Å²) < 4.78 is 71.2. The van der Waals surface area contributed by atoms with Crippen LogP contribution in [0.2, 0.25) is 0 Å². The van der Waals surface area contributed by atoms with Crippen molar-refractivity contribution < 1.29 is 26.7 Å². The van der Waals surface area contributed by atoms with Gasteiger partial charge in [-0.25, -0.2) is 8.78 Å². The van der Waals surface area contributed by atoms with Crippen LogP contribution in [0.1, 0.15) is 22.3 Å². The monoisotopic (exact) mass is 328 g/mol. The Bertz CT molecular complexity index is 747. The average molecular weight is 328 g/mol. The number of hydrogen-bond donors (Lipinski definition) is 0. The number of hydrogen-bond acceptors (Lipinski definition) is 1. The minimum absolute atomic E-state index is 0.364. The van der Waals surface area contributed by atoms with E-state index in [0.29, 0.717) is 11.1 Å². The van der Waals surface area contributed by atoms with Crippen molar-refractivity contribution in [2.24, 2.45) is 0 Å². The molecule has 0 atom stereocenters. The molecule has 0 amide bonds. The molecule has 0 saturated carbocycles. The van der Waals surface area contributed by atoms with Crippen LogP contribution in [0.5, 0.6) is 5.75 Å². The van der Waals surface area contributed by atoms with Crippen molar-refractivity contribution in [2.75, 3.05) is 7.11 Å². The zero-order valence-corrected chi connectivity index (χ0v) is 12.3. The molecule has 2 rings (SSSR count). The third kappa shape index (κ3) is 3.70. The molecule has 2 aromatic carbocycles. The van der Waals surface area contributed by atoms with Crippen molar-refractivity contribution in [2.45, 2.75) is 13.1 Å². The number of ether oxygens (including phenoxy) is 1. The van der Waals surface area contributed by atoms with E-state index < -0.39 is 29.1 Å². The molecule has 2 aromatic rings. The highest BCUT2D eigenvalue weighted by Crippen LogP contribution is 2.38. The van der Waals surface area contributed by atoms with Gasteiger partial charge in [0.05, 0.1) is 7.11 Å². The summed E-state index contributed by atoms with van der Waals surface area (Å²) in [4.78, 5) is 0. The maximum absolute atomic E-state index is 13.9. The molecular formula is C17H13F5O. The third-order valence-electron chi connectivity index (χ3n) is 3.29. The number of halogens is 5. The molecule has 122 valence electrons. The van der Waals surface area contributed by atoms with Gasteiger partial charge in [-0.05, 0) is 35.7 Å². The van der Waals surface area contributed by atoms with E-state index in [1.807, 2.05) is 0 Å². The number of alkyl halides is 3. The predicted octanol–water partition coefficient (Wildman–Crippen LogP) is 5.47. The molecular weight excluding hydrogens is 315 g/mol. The topological polar surface area (TPSA) is 9.23 Å². The van der Waals surface area contributed by atoms with Crippen molar-refractivity contribution in [3.8, 4) is 5.75 Å². The van der Waals surface area contributed by atoms with E-state index in [1.165, 1.54) is 18.2 Å². The summed E-state index contributed by atoms with van der Waals surface area (Å²) in [6.45, 7) is 1.57. The van der Waals surface area contributed by atoms with Crippen LogP contribution in [0.3, 0.4) is 0 Å². The highest BCUT2D eigenvalue weighted by Gasteiger charge is 2.37. The Labute approximate surface area is 130 Å². The molecule has 6 heteroatoms. The van der Waals surface area contributed by atoms with Crippen LogP contribution in [0.4, 0.5) is 22.0 Å². The van der Waals surface area contributed by atoms with Gasteiger partial charge < -0.3 is 4.74 Å². The van der Waals surface area contributed by atoms with Gasteiger partial charge in [-0.3, -0.25) is 0 Å². The van der Waals surface area contributed by atoms with Crippen molar-refractivity contribution >= 4 is 12.2 Å². The highest BCUT2D eigenvalue weighted by molar-refractivity contribution is 5.72. The van der Waals surface area contributed by atoms with Gasteiger partial charge in [-0.1, -0.05) is 30.4 Å². The third-order valence-corrected chi connectivity index (χ3v) is 3.29. The Kier molecular flexibility index (Phi) is 4.73. The van der Waals surface area contributed by atoms with Gasteiger partial charge in [0.2, 0.25) is 0 Å². The van der Waals surface area contributed by atoms with Crippen molar-refractivity contribution in [3.63, 3.8) is 0 Å². The Morgan fingerprint density at radius 3 is 2.26 bits per heavy atom. The molecule has 0 bridgehead atoms. The number of aryl methyl sites for hydroxylation is 1. The van der Waals surface area contributed by atoms with Gasteiger partial charge in [-0.15, -0.1) is 0 Å². The van der Waals surface area contributed by atoms with E-state index >= 15 is 0 Å².